The monoisotopic (exact) mass is 280 g/mol. The molecule has 0 fully saturated rings. The summed E-state index contributed by atoms with van der Waals surface area (Å²) in [4.78, 5) is 22.3. The first-order chi connectivity index (χ1) is 8.01. The Balaban J connectivity index is 3.99. The summed E-state index contributed by atoms with van der Waals surface area (Å²) >= 11 is 3.20. The van der Waals surface area contributed by atoms with Gasteiger partial charge in [0.25, 0.3) is 0 Å². The van der Waals surface area contributed by atoms with Gasteiger partial charge in [0, 0.05) is 11.8 Å². The Morgan fingerprint density at radius 3 is 2.47 bits per heavy atom. The van der Waals surface area contributed by atoms with Crippen LogP contribution in [0.3, 0.4) is 0 Å². The van der Waals surface area contributed by atoms with E-state index in [1.165, 1.54) is 0 Å². The van der Waals surface area contributed by atoms with Gasteiger partial charge in [0.15, 0.2) is 0 Å². The molecule has 5 nitrogen and oxygen atoms in total. The number of carboxylic acids is 1. The highest BCUT2D eigenvalue weighted by atomic mass is 32.2. The molecule has 0 bridgehead atoms. The molecule has 1 unspecified atom stereocenters. The van der Waals surface area contributed by atoms with Crippen LogP contribution >= 0.6 is 23.5 Å². The van der Waals surface area contributed by atoms with Crippen molar-refractivity contribution in [1.29, 1.82) is 0 Å². The lowest BCUT2D eigenvalue weighted by molar-refractivity contribution is -0.139. The topological polar surface area (TPSA) is 78.4 Å². The summed E-state index contributed by atoms with van der Waals surface area (Å²) in [7, 11) is 0. The lowest BCUT2D eigenvalue weighted by Gasteiger charge is -2.16. The predicted molar refractivity (Wildman–Crippen MR) is 73.9 cm³/mol. The van der Waals surface area contributed by atoms with Gasteiger partial charge in [0.2, 0.25) is 0 Å². The zero-order valence-corrected chi connectivity index (χ0v) is 12.0. The normalized spacial score (nSPS) is 13.8. The molecular formula is C10H20N2O3S2. The van der Waals surface area contributed by atoms with Crippen LogP contribution in [0.1, 0.15) is 13.3 Å². The number of nitrogens with one attached hydrogen (secondary N) is 2. The van der Waals surface area contributed by atoms with Gasteiger partial charge in [0.1, 0.15) is 6.04 Å². The highest BCUT2D eigenvalue weighted by molar-refractivity contribution is 7.99. The first kappa shape index (κ1) is 16.4. The third-order valence-electron chi connectivity index (χ3n) is 2.17. The standard InChI is InChI=1S/C10H20N2O3S2/c1-7(17-3)6-11-10(15)12-8(9(13)14)4-5-16-2/h7-8H,4-6H2,1-3H3,(H,13,14)(H2,11,12,15)/t7?,8-/m0/s1. The van der Waals surface area contributed by atoms with E-state index in [-0.39, 0.29) is 0 Å². The number of amides is 2. The minimum absolute atomic E-state index is 0.315. The molecule has 0 saturated heterocycles. The van der Waals surface area contributed by atoms with E-state index in [1.807, 2.05) is 19.4 Å². The van der Waals surface area contributed by atoms with Gasteiger partial charge in [-0.25, -0.2) is 9.59 Å². The van der Waals surface area contributed by atoms with Crippen LogP contribution in [0, 0.1) is 0 Å². The minimum Gasteiger partial charge on any atom is -0.480 e. The number of carbonyl (C=O) groups excluding carboxylic acids is 1. The van der Waals surface area contributed by atoms with Gasteiger partial charge >= 0.3 is 12.0 Å². The number of urea groups is 1. The molecule has 0 aliphatic rings. The van der Waals surface area contributed by atoms with Crippen LogP contribution in [0.15, 0.2) is 0 Å². The zero-order valence-electron chi connectivity index (χ0n) is 10.4. The fourth-order valence-electron chi connectivity index (χ4n) is 1.02. The summed E-state index contributed by atoms with van der Waals surface area (Å²) in [6.45, 7) is 2.52. The Bertz CT molecular complexity index is 252. The molecular weight excluding hydrogens is 260 g/mol. The Morgan fingerprint density at radius 1 is 1.35 bits per heavy atom. The van der Waals surface area contributed by atoms with Crippen LogP contribution in [0.4, 0.5) is 4.79 Å². The van der Waals surface area contributed by atoms with E-state index in [1.54, 1.807) is 23.5 Å². The third kappa shape index (κ3) is 8.20. The molecule has 2 amide bonds. The maximum atomic E-state index is 11.4. The molecule has 0 spiro atoms. The summed E-state index contributed by atoms with van der Waals surface area (Å²) < 4.78 is 0. The van der Waals surface area contributed by atoms with Crippen molar-refractivity contribution in [2.75, 3.05) is 24.8 Å². The number of carbonyl (C=O) groups is 2. The molecule has 7 heteroatoms. The number of aliphatic carboxylic acids is 1. The van der Waals surface area contributed by atoms with Crippen molar-refractivity contribution in [2.24, 2.45) is 0 Å². The molecule has 100 valence electrons. The molecule has 0 aliphatic carbocycles. The van der Waals surface area contributed by atoms with Gasteiger partial charge in [-0.2, -0.15) is 23.5 Å². The van der Waals surface area contributed by atoms with Crippen molar-refractivity contribution in [3.63, 3.8) is 0 Å². The summed E-state index contributed by atoms with van der Waals surface area (Å²) in [6, 6.07) is -1.23. The summed E-state index contributed by atoms with van der Waals surface area (Å²) in [5, 5.41) is 14.3. The van der Waals surface area contributed by atoms with Gasteiger partial charge in [-0.1, -0.05) is 6.92 Å². The Hall–Kier alpha value is -0.560. The maximum Gasteiger partial charge on any atom is 0.326 e. The Kier molecular flexibility index (Phi) is 9.16. The first-order valence-corrected chi connectivity index (χ1v) is 7.98. The van der Waals surface area contributed by atoms with Gasteiger partial charge in [-0.15, -0.1) is 0 Å². The number of hydrogen-bond donors (Lipinski definition) is 3. The van der Waals surface area contributed by atoms with Crippen molar-refractivity contribution < 1.29 is 14.7 Å². The van der Waals surface area contributed by atoms with Crippen molar-refractivity contribution in [2.45, 2.75) is 24.6 Å². The van der Waals surface area contributed by atoms with Crippen molar-refractivity contribution in [1.82, 2.24) is 10.6 Å². The van der Waals surface area contributed by atoms with Gasteiger partial charge in [0.05, 0.1) is 0 Å². The zero-order chi connectivity index (χ0) is 13.3. The average Bonchev–Trinajstić information content (AvgIpc) is 2.30. The van der Waals surface area contributed by atoms with E-state index in [0.717, 1.165) is 0 Å². The molecule has 0 aromatic carbocycles. The molecule has 0 rings (SSSR count). The quantitative estimate of drug-likeness (QED) is 0.623. The van der Waals surface area contributed by atoms with Crippen molar-refractivity contribution >= 4 is 35.5 Å². The first-order valence-electron chi connectivity index (χ1n) is 5.30. The van der Waals surface area contributed by atoms with Gasteiger partial charge in [-0.3, -0.25) is 0 Å². The molecule has 3 N–H and O–H groups in total. The number of hydrogen-bond acceptors (Lipinski definition) is 4. The maximum absolute atomic E-state index is 11.4. The SMILES string of the molecule is CSCC[C@H](NC(=O)NCC(C)SC)C(=O)O. The highest BCUT2D eigenvalue weighted by Crippen LogP contribution is 2.03. The van der Waals surface area contributed by atoms with Crippen LogP contribution in [-0.2, 0) is 4.79 Å². The fourth-order valence-corrected chi connectivity index (χ4v) is 1.74. The molecule has 17 heavy (non-hydrogen) atoms. The summed E-state index contributed by atoms with van der Waals surface area (Å²) in [5.74, 6) is -0.287. The molecule has 0 aromatic heterocycles. The van der Waals surface area contributed by atoms with E-state index in [4.69, 9.17) is 5.11 Å². The van der Waals surface area contributed by atoms with Crippen LogP contribution in [0.2, 0.25) is 0 Å². The second-order valence-corrected chi connectivity index (χ2v) is 5.83. The number of carboxylic acid groups (broad SMARTS) is 1. The fraction of sp³-hybridized carbons (Fsp3) is 0.800. The average molecular weight is 280 g/mol. The Morgan fingerprint density at radius 2 is 2.00 bits per heavy atom. The minimum atomic E-state index is -0.993. The van der Waals surface area contributed by atoms with E-state index in [9.17, 15) is 9.59 Å². The third-order valence-corrected chi connectivity index (χ3v) is 3.78. The summed E-state index contributed by atoms with van der Waals surface area (Å²) in [5.41, 5.74) is 0. The lowest BCUT2D eigenvalue weighted by Crippen LogP contribution is -2.47. The number of rotatable bonds is 8. The molecule has 0 saturated carbocycles. The second-order valence-electron chi connectivity index (χ2n) is 3.57. The molecule has 2 atom stereocenters. The van der Waals surface area contributed by atoms with Crippen LogP contribution in [0.25, 0.3) is 0 Å². The Labute approximate surface area is 110 Å². The van der Waals surface area contributed by atoms with Crippen molar-refractivity contribution in [3.05, 3.63) is 0 Å². The molecule has 0 radical (unpaired) electrons. The molecule has 0 heterocycles. The van der Waals surface area contributed by atoms with Crippen molar-refractivity contribution in [3.8, 4) is 0 Å². The van der Waals surface area contributed by atoms with E-state index in [0.29, 0.717) is 24.0 Å². The van der Waals surface area contributed by atoms with Crippen LogP contribution < -0.4 is 10.6 Å². The van der Waals surface area contributed by atoms with E-state index < -0.39 is 18.0 Å². The molecule has 0 aliphatic heterocycles. The smallest absolute Gasteiger partial charge is 0.326 e. The van der Waals surface area contributed by atoms with Crippen LogP contribution in [0.5, 0.6) is 0 Å². The molecule has 0 aromatic rings. The van der Waals surface area contributed by atoms with Gasteiger partial charge < -0.3 is 15.7 Å². The largest absolute Gasteiger partial charge is 0.480 e. The summed E-state index contributed by atoms with van der Waals surface area (Å²) in [6.07, 6.45) is 4.30. The number of thioether (sulfide) groups is 2. The van der Waals surface area contributed by atoms with E-state index in [2.05, 4.69) is 10.6 Å². The van der Waals surface area contributed by atoms with Gasteiger partial charge in [-0.05, 0) is 24.7 Å². The van der Waals surface area contributed by atoms with Crippen LogP contribution in [-0.4, -0.2) is 53.2 Å². The highest BCUT2D eigenvalue weighted by Gasteiger charge is 2.19. The second kappa shape index (κ2) is 9.47. The lowest BCUT2D eigenvalue weighted by atomic mass is 10.2. The van der Waals surface area contributed by atoms with E-state index >= 15 is 0 Å². The predicted octanol–water partition coefficient (Wildman–Crippen LogP) is 1.24.